The van der Waals surface area contributed by atoms with Gasteiger partial charge in [0.2, 0.25) is 5.91 Å². The van der Waals surface area contributed by atoms with Gasteiger partial charge in [-0.2, -0.15) is 0 Å². The summed E-state index contributed by atoms with van der Waals surface area (Å²) in [6.07, 6.45) is 0.797. The number of carbonyl (C=O) groups excluding carboxylic acids is 1. The lowest BCUT2D eigenvalue weighted by Crippen LogP contribution is -2.54. The number of rotatable bonds is 7. The molecule has 0 bridgehead atoms. The van der Waals surface area contributed by atoms with E-state index in [0.29, 0.717) is 19.4 Å². The van der Waals surface area contributed by atoms with Crippen LogP contribution < -0.4 is 5.32 Å². The summed E-state index contributed by atoms with van der Waals surface area (Å²) >= 11 is 0. The summed E-state index contributed by atoms with van der Waals surface area (Å²) in [4.78, 5) is 24.9. The van der Waals surface area contributed by atoms with Crippen molar-refractivity contribution in [2.24, 2.45) is 0 Å². The molecule has 0 aromatic carbocycles. The maximum Gasteiger partial charge on any atom is 0.323 e. The molecule has 2 atom stereocenters. The summed E-state index contributed by atoms with van der Waals surface area (Å²) in [6.45, 7) is 5.35. The van der Waals surface area contributed by atoms with Crippen LogP contribution in [0.4, 0.5) is 0 Å². The molecule has 1 fully saturated rings. The molecule has 122 valence electrons. The van der Waals surface area contributed by atoms with Crippen LogP contribution in [0.5, 0.6) is 0 Å². The zero-order chi connectivity index (χ0) is 16.3. The van der Waals surface area contributed by atoms with Crippen molar-refractivity contribution >= 4 is 21.7 Å². The molecule has 8 heteroatoms. The maximum absolute atomic E-state index is 12.2. The van der Waals surface area contributed by atoms with E-state index < -0.39 is 21.3 Å². The summed E-state index contributed by atoms with van der Waals surface area (Å²) in [5.74, 6) is -1.17. The third-order valence-corrected chi connectivity index (χ3v) is 5.87. The Morgan fingerprint density at radius 3 is 2.38 bits per heavy atom. The van der Waals surface area contributed by atoms with Crippen molar-refractivity contribution in [2.45, 2.75) is 45.2 Å². The van der Waals surface area contributed by atoms with Gasteiger partial charge in [-0.3, -0.25) is 14.9 Å². The van der Waals surface area contributed by atoms with Crippen molar-refractivity contribution in [1.29, 1.82) is 0 Å². The van der Waals surface area contributed by atoms with Crippen LogP contribution >= 0.6 is 0 Å². The molecule has 1 heterocycles. The lowest BCUT2D eigenvalue weighted by atomic mass is 9.99. The number of carbonyl (C=O) groups is 2. The number of likely N-dealkylation sites (N-methyl/N-ethyl adjacent to an activating group) is 1. The van der Waals surface area contributed by atoms with Crippen LogP contribution in [0.3, 0.4) is 0 Å². The molecule has 2 N–H and O–H groups in total. The Balaban J connectivity index is 2.67. The fraction of sp³-hybridized carbons (Fsp3) is 0.846. The van der Waals surface area contributed by atoms with Crippen LogP contribution in [0.1, 0.15) is 33.6 Å². The molecule has 0 radical (unpaired) electrons. The molecule has 0 saturated carbocycles. The zero-order valence-electron chi connectivity index (χ0n) is 12.8. The molecule has 21 heavy (non-hydrogen) atoms. The van der Waals surface area contributed by atoms with E-state index in [-0.39, 0.29) is 30.0 Å². The minimum Gasteiger partial charge on any atom is -0.480 e. The van der Waals surface area contributed by atoms with Gasteiger partial charge in [0, 0.05) is 12.6 Å². The van der Waals surface area contributed by atoms with Gasteiger partial charge in [-0.05, 0) is 26.7 Å². The number of carboxylic acids is 1. The van der Waals surface area contributed by atoms with Crippen LogP contribution in [-0.4, -0.2) is 66.5 Å². The van der Waals surface area contributed by atoms with Crippen molar-refractivity contribution in [2.75, 3.05) is 24.6 Å². The van der Waals surface area contributed by atoms with E-state index in [9.17, 15) is 18.0 Å². The third-order valence-electron chi connectivity index (χ3n) is 4.12. The molecule has 1 aliphatic rings. The Labute approximate surface area is 125 Å². The van der Waals surface area contributed by atoms with Crippen LogP contribution in [0, 0.1) is 0 Å². The first kappa shape index (κ1) is 17.9. The second-order valence-corrected chi connectivity index (χ2v) is 7.81. The lowest BCUT2D eigenvalue weighted by molar-refractivity contribution is -0.144. The summed E-state index contributed by atoms with van der Waals surface area (Å²) in [6, 6.07) is -0.299. The van der Waals surface area contributed by atoms with E-state index in [1.54, 1.807) is 13.8 Å². The Morgan fingerprint density at radius 2 is 2.00 bits per heavy atom. The number of carboxylic acid groups (broad SMARTS) is 1. The van der Waals surface area contributed by atoms with Crippen LogP contribution in [0.15, 0.2) is 0 Å². The fourth-order valence-electron chi connectivity index (χ4n) is 2.38. The second kappa shape index (κ2) is 6.74. The van der Waals surface area contributed by atoms with Gasteiger partial charge in [-0.1, -0.05) is 6.92 Å². The first-order valence-electron chi connectivity index (χ1n) is 7.13. The van der Waals surface area contributed by atoms with Gasteiger partial charge in [-0.15, -0.1) is 0 Å². The molecule has 0 spiro atoms. The van der Waals surface area contributed by atoms with Gasteiger partial charge in [-0.25, -0.2) is 8.42 Å². The predicted octanol–water partition coefficient (Wildman–Crippen LogP) is -0.135. The van der Waals surface area contributed by atoms with Crippen LogP contribution in [-0.2, 0) is 19.4 Å². The number of sulfone groups is 1. The van der Waals surface area contributed by atoms with E-state index in [1.807, 2.05) is 0 Å². The van der Waals surface area contributed by atoms with Crippen molar-refractivity contribution in [3.05, 3.63) is 0 Å². The number of nitrogens with one attached hydrogen (secondary N) is 1. The summed E-state index contributed by atoms with van der Waals surface area (Å²) < 4.78 is 23.0. The van der Waals surface area contributed by atoms with E-state index in [0.717, 1.165) is 0 Å². The van der Waals surface area contributed by atoms with E-state index in [2.05, 4.69) is 5.32 Å². The largest absolute Gasteiger partial charge is 0.480 e. The number of nitrogens with zero attached hydrogens (tertiary/aromatic N) is 1. The summed E-state index contributed by atoms with van der Waals surface area (Å²) in [5.41, 5.74) is -1.16. The molecule has 7 nitrogen and oxygen atoms in total. The molecule has 0 aromatic rings. The number of aliphatic carboxylic acids is 1. The average molecular weight is 320 g/mol. The molecular weight excluding hydrogens is 296 g/mol. The minimum absolute atomic E-state index is 0.00342. The molecule has 1 saturated heterocycles. The quantitative estimate of drug-likeness (QED) is 0.677. The van der Waals surface area contributed by atoms with Gasteiger partial charge in [0.15, 0.2) is 9.84 Å². The highest BCUT2D eigenvalue weighted by Crippen LogP contribution is 2.18. The van der Waals surface area contributed by atoms with Crippen LogP contribution in [0.25, 0.3) is 0 Å². The van der Waals surface area contributed by atoms with Crippen molar-refractivity contribution in [1.82, 2.24) is 10.2 Å². The Kier molecular flexibility index (Phi) is 5.75. The van der Waals surface area contributed by atoms with Gasteiger partial charge in [0.25, 0.3) is 0 Å². The normalized spacial score (nSPS) is 23.5. The first-order chi connectivity index (χ1) is 9.65. The monoisotopic (exact) mass is 320 g/mol. The van der Waals surface area contributed by atoms with Crippen molar-refractivity contribution < 1.29 is 23.1 Å². The van der Waals surface area contributed by atoms with Gasteiger partial charge in [0.1, 0.15) is 5.54 Å². The molecule has 0 aliphatic carbocycles. The highest BCUT2D eigenvalue weighted by atomic mass is 32.2. The van der Waals surface area contributed by atoms with Gasteiger partial charge >= 0.3 is 5.97 Å². The fourth-order valence-corrected chi connectivity index (χ4v) is 4.11. The van der Waals surface area contributed by atoms with E-state index >= 15 is 0 Å². The van der Waals surface area contributed by atoms with Gasteiger partial charge in [0.05, 0.1) is 18.1 Å². The number of amides is 1. The molecule has 1 amide bonds. The minimum atomic E-state index is -3.05. The SMILES string of the molecule is CCN(C(=O)CNC(C)(CC)C(=O)O)C1CCS(=O)(=O)C1. The number of hydrogen-bond acceptors (Lipinski definition) is 5. The maximum atomic E-state index is 12.2. The standard InChI is InChI=1S/C13H24N2O5S/c1-4-13(3,12(17)18)14-8-11(16)15(5-2)10-6-7-21(19,20)9-10/h10,14H,4-9H2,1-3H3,(H,17,18). The second-order valence-electron chi connectivity index (χ2n) is 5.58. The van der Waals surface area contributed by atoms with E-state index in [4.69, 9.17) is 5.11 Å². The van der Waals surface area contributed by atoms with Crippen molar-refractivity contribution in [3.63, 3.8) is 0 Å². The lowest BCUT2D eigenvalue weighted by Gasteiger charge is -2.30. The summed E-state index contributed by atoms with van der Waals surface area (Å²) in [5, 5.41) is 11.9. The molecular formula is C13H24N2O5S. The predicted molar refractivity (Wildman–Crippen MR) is 78.8 cm³/mol. The highest BCUT2D eigenvalue weighted by Gasteiger charge is 2.35. The summed E-state index contributed by atoms with van der Waals surface area (Å²) in [7, 11) is -3.05. The average Bonchev–Trinajstić information content (AvgIpc) is 2.76. The Morgan fingerprint density at radius 1 is 1.38 bits per heavy atom. The van der Waals surface area contributed by atoms with Crippen molar-refractivity contribution in [3.8, 4) is 0 Å². The molecule has 2 unspecified atom stereocenters. The van der Waals surface area contributed by atoms with E-state index in [1.165, 1.54) is 11.8 Å². The Bertz CT molecular complexity index is 505. The Hall–Kier alpha value is -1.15. The zero-order valence-corrected chi connectivity index (χ0v) is 13.6. The molecule has 1 aliphatic heterocycles. The van der Waals surface area contributed by atoms with Crippen LogP contribution in [0.2, 0.25) is 0 Å². The molecule has 1 rings (SSSR count). The molecule has 0 aromatic heterocycles. The third kappa shape index (κ3) is 4.41. The van der Waals surface area contributed by atoms with Gasteiger partial charge < -0.3 is 10.0 Å². The highest BCUT2D eigenvalue weighted by molar-refractivity contribution is 7.91. The first-order valence-corrected chi connectivity index (χ1v) is 8.95. The number of hydrogen-bond donors (Lipinski definition) is 2. The topological polar surface area (TPSA) is 104 Å². The smallest absolute Gasteiger partial charge is 0.323 e.